The molecule has 2 N–H and O–H groups in total. The summed E-state index contributed by atoms with van der Waals surface area (Å²) in [4.78, 5) is 22.1. The smallest absolute Gasteiger partial charge is 0.480 e. The second-order valence-corrected chi connectivity index (χ2v) is 5.12. The van der Waals surface area contributed by atoms with E-state index in [4.69, 9.17) is 15.0 Å². The summed E-state index contributed by atoms with van der Waals surface area (Å²) in [5, 5.41) is 20.2. The summed E-state index contributed by atoms with van der Waals surface area (Å²) in [5.41, 5.74) is 0.921. The Labute approximate surface area is 122 Å². The van der Waals surface area contributed by atoms with Crippen LogP contribution < -0.4 is 0 Å². The van der Waals surface area contributed by atoms with Gasteiger partial charge >= 0.3 is 18.1 Å². The van der Waals surface area contributed by atoms with Gasteiger partial charge in [-0.1, -0.05) is 0 Å². The second kappa shape index (κ2) is 7.41. The highest BCUT2D eigenvalue weighted by molar-refractivity contribution is 7.08. The van der Waals surface area contributed by atoms with E-state index in [9.17, 15) is 18.0 Å². The van der Waals surface area contributed by atoms with Gasteiger partial charge < -0.3 is 10.2 Å². The van der Waals surface area contributed by atoms with Crippen LogP contribution in [0.5, 0.6) is 0 Å². The van der Waals surface area contributed by atoms with Gasteiger partial charge in [-0.2, -0.15) is 24.5 Å². The van der Waals surface area contributed by atoms with Gasteiger partial charge in [-0.25, -0.2) is 4.79 Å². The maximum Gasteiger partial charge on any atom is 0.490 e. The number of carbonyl (C=O) groups is 2. The number of rotatable bonds is 3. The van der Waals surface area contributed by atoms with Gasteiger partial charge in [0.05, 0.1) is 0 Å². The van der Waals surface area contributed by atoms with Gasteiger partial charge in [0, 0.05) is 0 Å². The quantitative estimate of drug-likeness (QED) is 0.893. The summed E-state index contributed by atoms with van der Waals surface area (Å²) in [7, 11) is 0. The van der Waals surface area contributed by atoms with E-state index in [0.717, 1.165) is 31.5 Å². The molecular weight excluding hydrogens is 311 g/mol. The average molecular weight is 325 g/mol. The van der Waals surface area contributed by atoms with Crippen molar-refractivity contribution in [3.63, 3.8) is 0 Å². The van der Waals surface area contributed by atoms with Crippen LogP contribution >= 0.6 is 11.3 Å². The molecule has 0 aromatic carbocycles. The first kappa shape index (κ1) is 17.4. The van der Waals surface area contributed by atoms with Crippen molar-refractivity contribution in [1.82, 2.24) is 4.90 Å². The van der Waals surface area contributed by atoms with Crippen LogP contribution in [0.25, 0.3) is 0 Å². The highest BCUT2D eigenvalue weighted by Crippen LogP contribution is 2.26. The molecule has 1 fully saturated rings. The molecule has 0 bridgehead atoms. The van der Waals surface area contributed by atoms with E-state index in [0.29, 0.717) is 0 Å². The van der Waals surface area contributed by atoms with Crippen molar-refractivity contribution in [1.29, 1.82) is 0 Å². The third kappa shape index (κ3) is 5.35. The number of aliphatic carboxylic acids is 2. The minimum absolute atomic E-state index is 0.427. The Morgan fingerprint density at radius 1 is 1.24 bits per heavy atom. The number of hydrogen-bond donors (Lipinski definition) is 2. The molecule has 2 rings (SSSR count). The minimum Gasteiger partial charge on any atom is -0.480 e. The highest BCUT2D eigenvalue weighted by Gasteiger charge is 2.38. The van der Waals surface area contributed by atoms with Crippen molar-refractivity contribution >= 4 is 23.3 Å². The molecule has 1 aliphatic rings. The van der Waals surface area contributed by atoms with Crippen LogP contribution in [0.3, 0.4) is 0 Å². The summed E-state index contributed by atoms with van der Waals surface area (Å²) in [6.07, 6.45) is -2.85. The van der Waals surface area contributed by atoms with Crippen LogP contribution in [-0.4, -0.2) is 46.3 Å². The van der Waals surface area contributed by atoms with Crippen molar-refractivity contribution in [3.05, 3.63) is 22.4 Å². The Kier molecular flexibility index (Phi) is 6.16. The largest absolute Gasteiger partial charge is 0.490 e. The van der Waals surface area contributed by atoms with Crippen LogP contribution in [0.1, 0.15) is 24.4 Å². The van der Waals surface area contributed by atoms with Crippen LogP contribution in [0, 0.1) is 0 Å². The Morgan fingerprint density at radius 2 is 1.76 bits per heavy atom. The maximum atomic E-state index is 11.1. The first-order valence-corrected chi connectivity index (χ1v) is 6.97. The molecule has 1 atom stereocenters. The number of alkyl halides is 3. The Hall–Kier alpha value is -1.61. The molecule has 9 heteroatoms. The van der Waals surface area contributed by atoms with Crippen molar-refractivity contribution in [2.75, 3.05) is 13.1 Å². The fourth-order valence-corrected chi connectivity index (χ4v) is 2.62. The maximum absolute atomic E-state index is 11.1. The molecule has 1 unspecified atom stereocenters. The molecule has 5 nitrogen and oxygen atoms in total. The van der Waals surface area contributed by atoms with Gasteiger partial charge in [-0.05, 0) is 48.3 Å². The van der Waals surface area contributed by atoms with E-state index >= 15 is 0 Å². The standard InChI is InChI=1S/C10H13NO2S.C2HF3O2/c12-10(13)9(8-3-6-14-7-8)11-4-1-2-5-11;3-2(4,5)1(6)7/h3,6-7,9H,1-2,4-5H2,(H,12,13);(H,6,7). The zero-order chi connectivity index (χ0) is 16.0. The normalized spacial score (nSPS) is 16.9. The lowest BCUT2D eigenvalue weighted by Gasteiger charge is -2.22. The molecule has 1 aliphatic heterocycles. The van der Waals surface area contributed by atoms with Gasteiger partial charge in [-0.15, -0.1) is 0 Å². The highest BCUT2D eigenvalue weighted by atomic mass is 32.1. The van der Waals surface area contributed by atoms with Crippen LogP contribution in [0.4, 0.5) is 13.2 Å². The molecule has 1 saturated heterocycles. The molecule has 21 heavy (non-hydrogen) atoms. The Balaban J connectivity index is 0.000000270. The SMILES string of the molecule is O=C(O)C(F)(F)F.O=C(O)C(c1ccsc1)N1CCCC1. The topological polar surface area (TPSA) is 77.8 Å². The lowest BCUT2D eigenvalue weighted by molar-refractivity contribution is -0.192. The van der Waals surface area contributed by atoms with E-state index in [1.165, 1.54) is 0 Å². The lowest BCUT2D eigenvalue weighted by Crippen LogP contribution is -2.31. The molecule has 0 radical (unpaired) electrons. The number of carboxylic acids is 2. The number of hydrogen-bond acceptors (Lipinski definition) is 4. The van der Waals surface area contributed by atoms with Crippen molar-refractivity contribution in [2.24, 2.45) is 0 Å². The second-order valence-electron chi connectivity index (χ2n) is 4.34. The average Bonchev–Trinajstić information content (AvgIpc) is 3.01. The molecule has 2 heterocycles. The molecule has 118 valence electrons. The van der Waals surface area contributed by atoms with Gasteiger partial charge in [-0.3, -0.25) is 9.69 Å². The van der Waals surface area contributed by atoms with E-state index in [1.807, 2.05) is 21.7 Å². The van der Waals surface area contributed by atoms with E-state index in [-0.39, 0.29) is 0 Å². The van der Waals surface area contributed by atoms with Gasteiger partial charge in [0.25, 0.3) is 0 Å². The summed E-state index contributed by atoms with van der Waals surface area (Å²) in [5.74, 6) is -3.49. The Morgan fingerprint density at radius 3 is 2.10 bits per heavy atom. The molecular formula is C12H14F3NO4S. The molecule has 0 saturated carbocycles. The van der Waals surface area contributed by atoms with Gasteiger partial charge in [0.1, 0.15) is 6.04 Å². The van der Waals surface area contributed by atoms with Gasteiger partial charge in [0.15, 0.2) is 0 Å². The molecule has 1 aromatic heterocycles. The molecule has 0 spiro atoms. The summed E-state index contributed by atoms with van der Waals surface area (Å²) < 4.78 is 31.7. The number of nitrogens with zero attached hydrogens (tertiary/aromatic N) is 1. The van der Waals surface area contributed by atoms with E-state index in [2.05, 4.69) is 0 Å². The van der Waals surface area contributed by atoms with Crippen molar-refractivity contribution in [3.8, 4) is 0 Å². The summed E-state index contributed by atoms with van der Waals surface area (Å²) in [6, 6.07) is 1.48. The fraction of sp³-hybridized carbons (Fsp3) is 0.500. The summed E-state index contributed by atoms with van der Waals surface area (Å²) >= 11 is 1.55. The number of likely N-dealkylation sites (tertiary alicyclic amines) is 1. The van der Waals surface area contributed by atoms with E-state index < -0.39 is 24.2 Å². The van der Waals surface area contributed by atoms with E-state index in [1.54, 1.807) is 11.3 Å². The van der Waals surface area contributed by atoms with Gasteiger partial charge in [0.2, 0.25) is 0 Å². The predicted octanol–water partition coefficient (Wildman–Crippen LogP) is 2.60. The minimum atomic E-state index is -5.08. The predicted molar refractivity (Wildman–Crippen MR) is 69.2 cm³/mol. The fourth-order valence-electron chi connectivity index (χ4n) is 1.94. The monoisotopic (exact) mass is 325 g/mol. The van der Waals surface area contributed by atoms with Crippen LogP contribution in [-0.2, 0) is 9.59 Å². The third-order valence-corrected chi connectivity index (χ3v) is 3.54. The lowest BCUT2D eigenvalue weighted by atomic mass is 10.1. The molecule has 0 amide bonds. The number of halogens is 3. The number of thiophene rings is 1. The molecule has 0 aliphatic carbocycles. The first-order valence-electron chi connectivity index (χ1n) is 6.02. The summed E-state index contributed by atoms with van der Waals surface area (Å²) in [6.45, 7) is 1.82. The Bertz CT molecular complexity index is 469. The third-order valence-electron chi connectivity index (χ3n) is 2.84. The van der Waals surface area contributed by atoms with Crippen molar-refractivity contribution in [2.45, 2.75) is 25.1 Å². The van der Waals surface area contributed by atoms with Crippen molar-refractivity contribution < 1.29 is 33.0 Å². The zero-order valence-electron chi connectivity index (χ0n) is 10.8. The zero-order valence-corrected chi connectivity index (χ0v) is 11.7. The van der Waals surface area contributed by atoms with Crippen LogP contribution in [0.15, 0.2) is 16.8 Å². The van der Waals surface area contributed by atoms with Crippen LogP contribution in [0.2, 0.25) is 0 Å². The number of carboxylic acid groups (broad SMARTS) is 2. The first-order chi connectivity index (χ1) is 9.73. The molecule has 1 aromatic rings.